The molecule has 0 spiro atoms. The molecular weight excluding hydrogens is 424 g/mol. The van der Waals surface area contributed by atoms with Gasteiger partial charge in [-0.25, -0.2) is 4.79 Å². The molecule has 4 aromatic rings. The number of aromatic amines is 1. The topological polar surface area (TPSA) is 85.4 Å². The van der Waals surface area contributed by atoms with Crippen molar-refractivity contribution in [2.75, 3.05) is 13.1 Å². The quantitative estimate of drug-likeness (QED) is 0.220. The molecular formula is C29H32N2O3. The van der Waals surface area contributed by atoms with Crippen LogP contribution < -0.4 is 5.32 Å². The van der Waals surface area contributed by atoms with Gasteiger partial charge < -0.3 is 20.5 Å². The average molecular weight is 457 g/mol. The maximum absolute atomic E-state index is 11.6. The SMILES string of the molecule is Cc1cc(C)cc(-c2[nH]c3ccc(C(=O)O)cc3c2CCNCCCCc2ccc(O)cc2)c1. The Morgan fingerprint density at radius 3 is 2.32 bits per heavy atom. The summed E-state index contributed by atoms with van der Waals surface area (Å²) in [6.07, 6.45) is 3.96. The first-order valence-electron chi connectivity index (χ1n) is 11.9. The lowest BCUT2D eigenvalue weighted by atomic mass is 9.99. The number of carbonyl (C=O) groups is 1. The number of aromatic nitrogens is 1. The van der Waals surface area contributed by atoms with Crippen LogP contribution >= 0.6 is 0 Å². The van der Waals surface area contributed by atoms with E-state index >= 15 is 0 Å². The van der Waals surface area contributed by atoms with Crippen LogP contribution in [0, 0.1) is 13.8 Å². The summed E-state index contributed by atoms with van der Waals surface area (Å²) in [4.78, 5) is 15.1. The highest BCUT2D eigenvalue weighted by Gasteiger charge is 2.15. The number of phenolic OH excluding ortho intramolecular Hbond substituents is 1. The molecule has 0 saturated carbocycles. The third kappa shape index (κ3) is 5.67. The van der Waals surface area contributed by atoms with Crippen LogP contribution in [0.1, 0.15) is 45.5 Å². The molecule has 5 heteroatoms. The minimum absolute atomic E-state index is 0.304. The molecule has 0 aliphatic carbocycles. The van der Waals surface area contributed by atoms with E-state index < -0.39 is 5.97 Å². The Balaban J connectivity index is 1.44. The van der Waals surface area contributed by atoms with Crippen LogP contribution in [0.4, 0.5) is 0 Å². The molecule has 1 heterocycles. The number of carboxylic acid groups (broad SMARTS) is 1. The van der Waals surface area contributed by atoms with E-state index in [0.717, 1.165) is 66.5 Å². The van der Waals surface area contributed by atoms with Gasteiger partial charge >= 0.3 is 5.97 Å². The molecule has 0 fully saturated rings. The monoisotopic (exact) mass is 456 g/mol. The highest BCUT2D eigenvalue weighted by molar-refractivity contribution is 5.97. The number of aromatic carboxylic acids is 1. The smallest absolute Gasteiger partial charge is 0.335 e. The van der Waals surface area contributed by atoms with Crippen LogP contribution in [0.5, 0.6) is 5.75 Å². The first-order valence-corrected chi connectivity index (χ1v) is 11.9. The fourth-order valence-corrected chi connectivity index (χ4v) is 4.59. The van der Waals surface area contributed by atoms with E-state index in [1.54, 1.807) is 24.3 Å². The van der Waals surface area contributed by atoms with Gasteiger partial charge in [-0.3, -0.25) is 0 Å². The lowest BCUT2D eigenvalue weighted by molar-refractivity contribution is 0.0697. The minimum atomic E-state index is -0.909. The maximum Gasteiger partial charge on any atom is 0.335 e. The second-order valence-electron chi connectivity index (χ2n) is 9.04. The fraction of sp³-hybridized carbons (Fsp3) is 0.276. The molecule has 0 bridgehead atoms. The van der Waals surface area contributed by atoms with Crippen molar-refractivity contribution in [1.29, 1.82) is 0 Å². The van der Waals surface area contributed by atoms with Crippen molar-refractivity contribution in [2.45, 2.75) is 39.5 Å². The highest BCUT2D eigenvalue weighted by atomic mass is 16.4. The summed E-state index contributed by atoms with van der Waals surface area (Å²) in [5.74, 6) is -0.605. The molecule has 0 unspecified atom stereocenters. The molecule has 0 amide bonds. The van der Waals surface area contributed by atoms with E-state index in [-0.39, 0.29) is 0 Å². The number of H-pyrrole nitrogens is 1. The zero-order chi connectivity index (χ0) is 24.1. The van der Waals surface area contributed by atoms with Gasteiger partial charge in [0, 0.05) is 16.6 Å². The first-order chi connectivity index (χ1) is 16.4. The normalized spacial score (nSPS) is 11.2. The van der Waals surface area contributed by atoms with Crippen molar-refractivity contribution in [3.63, 3.8) is 0 Å². The van der Waals surface area contributed by atoms with Gasteiger partial charge in [0.2, 0.25) is 0 Å². The number of carboxylic acids is 1. The second-order valence-corrected chi connectivity index (χ2v) is 9.04. The van der Waals surface area contributed by atoms with E-state index in [9.17, 15) is 15.0 Å². The van der Waals surface area contributed by atoms with Crippen LogP contribution in [0.2, 0.25) is 0 Å². The maximum atomic E-state index is 11.6. The predicted octanol–water partition coefficient (Wildman–Crippen LogP) is 6.01. The molecule has 0 aliphatic heterocycles. The third-order valence-electron chi connectivity index (χ3n) is 6.22. The molecule has 0 aliphatic rings. The lowest BCUT2D eigenvalue weighted by Crippen LogP contribution is -2.18. The Labute approximate surface area is 200 Å². The summed E-state index contributed by atoms with van der Waals surface area (Å²) in [6.45, 7) is 5.95. The molecule has 4 rings (SSSR count). The van der Waals surface area contributed by atoms with Gasteiger partial charge in [0.25, 0.3) is 0 Å². The minimum Gasteiger partial charge on any atom is -0.508 e. The molecule has 176 valence electrons. The molecule has 1 aromatic heterocycles. The number of fused-ring (bicyclic) bond motifs is 1. The molecule has 3 aromatic carbocycles. The number of rotatable bonds is 10. The van der Waals surface area contributed by atoms with E-state index in [4.69, 9.17) is 0 Å². The van der Waals surface area contributed by atoms with Gasteiger partial charge in [-0.05, 0) is 112 Å². The summed E-state index contributed by atoms with van der Waals surface area (Å²) >= 11 is 0. The highest BCUT2D eigenvalue weighted by Crippen LogP contribution is 2.32. The van der Waals surface area contributed by atoms with E-state index in [0.29, 0.717) is 11.3 Å². The first kappa shape index (κ1) is 23.6. The van der Waals surface area contributed by atoms with Crippen molar-refractivity contribution in [3.05, 3.63) is 88.5 Å². The summed E-state index contributed by atoms with van der Waals surface area (Å²) in [5.41, 5.74) is 8.27. The number of aromatic hydroxyl groups is 1. The Morgan fingerprint density at radius 2 is 1.62 bits per heavy atom. The molecule has 0 saturated heterocycles. The second kappa shape index (κ2) is 10.6. The van der Waals surface area contributed by atoms with Crippen LogP contribution in [0.25, 0.3) is 22.2 Å². The van der Waals surface area contributed by atoms with Crippen LogP contribution in [0.15, 0.2) is 60.7 Å². The zero-order valence-electron chi connectivity index (χ0n) is 19.8. The van der Waals surface area contributed by atoms with Crippen LogP contribution in [0.3, 0.4) is 0 Å². The fourth-order valence-electron chi connectivity index (χ4n) is 4.59. The zero-order valence-corrected chi connectivity index (χ0v) is 19.8. The Hall–Kier alpha value is -3.57. The van der Waals surface area contributed by atoms with E-state index in [1.165, 1.54) is 16.7 Å². The molecule has 34 heavy (non-hydrogen) atoms. The number of aryl methyl sites for hydroxylation is 3. The number of benzene rings is 3. The number of phenols is 1. The van der Waals surface area contributed by atoms with Gasteiger partial charge in [-0.15, -0.1) is 0 Å². The van der Waals surface area contributed by atoms with E-state index in [2.05, 4.69) is 42.3 Å². The molecule has 4 N–H and O–H groups in total. The molecule has 0 atom stereocenters. The van der Waals surface area contributed by atoms with Crippen molar-refractivity contribution in [2.24, 2.45) is 0 Å². The lowest BCUT2D eigenvalue weighted by Gasteiger charge is -2.09. The predicted molar refractivity (Wildman–Crippen MR) is 138 cm³/mol. The molecule has 5 nitrogen and oxygen atoms in total. The average Bonchev–Trinajstić information content (AvgIpc) is 3.17. The summed E-state index contributed by atoms with van der Waals surface area (Å²) in [5, 5.41) is 23.4. The molecule has 0 radical (unpaired) electrons. The van der Waals surface area contributed by atoms with Gasteiger partial charge in [-0.2, -0.15) is 0 Å². The summed E-state index contributed by atoms with van der Waals surface area (Å²) < 4.78 is 0. The number of unbranched alkanes of at least 4 members (excludes halogenated alkanes) is 1. The summed E-state index contributed by atoms with van der Waals surface area (Å²) in [6, 6.07) is 19.2. The van der Waals surface area contributed by atoms with Crippen molar-refractivity contribution < 1.29 is 15.0 Å². The Bertz CT molecular complexity index is 1270. The standard InChI is InChI=1S/C29H32N2O3/c1-19-15-20(2)17-23(16-19)28-25(26-18-22(29(33)34)8-11-27(26)31-28)12-14-30-13-4-3-5-21-6-9-24(32)10-7-21/h6-11,15-18,30-32H,3-5,12-14H2,1-2H3,(H,33,34). The van der Waals surface area contributed by atoms with Crippen molar-refractivity contribution >= 4 is 16.9 Å². The van der Waals surface area contributed by atoms with Crippen LogP contribution in [-0.2, 0) is 12.8 Å². The van der Waals surface area contributed by atoms with Gasteiger partial charge in [0.15, 0.2) is 0 Å². The number of hydrogen-bond acceptors (Lipinski definition) is 3. The summed E-state index contributed by atoms with van der Waals surface area (Å²) in [7, 11) is 0. The van der Waals surface area contributed by atoms with Crippen molar-refractivity contribution in [1.82, 2.24) is 10.3 Å². The largest absolute Gasteiger partial charge is 0.508 e. The van der Waals surface area contributed by atoms with Gasteiger partial charge in [0.1, 0.15) is 5.75 Å². The van der Waals surface area contributed by atoms with Crippen molar-refractivity contribution in [3.8, 4) is 17.0 Å². The van der Waals surface area contributed by atoms with E-state index in [1.807, 2.05) is 18.2 Å². The Kier molecular flexibility index (Phi) is 7.33. The van der Waals surface area contributed by atoms with Gasteiger partial charge in [0.05, 0.1) is 5.56 Å². The number of nitrogens with one attached hydrogen (secondary N) is 2. The Morgan fingerprint density at radius 1 is 0.882 bits per heavy atom. The third-order valence-corrected chi connectivity index (χ3v) is 6.22. The van der Waals surface area contributed by atoms with Gasteiger partial charge in [-0.1, -0.05) is 29.3 Å². The van der Waals surface area contributed by atoms with Crippen LogP contribution in [-0.4, -0.2) is 34.3 Å². The number of hydrogen-bond donors (Lipinski definition) is 4.